The van der Waals surface area contributed by atoms with E-state index in [-0.39, 0.29) is 11.8 Å². The highest BCUT2D eigenvalue weighted by Gasteiger charge is 2.20. The lowest BCUT2D eigenvalue weighted by Gasteiger charge is -2.14. The Bertz CT molecular complexity index is 500. The molecule has 1 fully saturated rings. The van der Waals surface area contributed by atoms with E-state index in [0.717, 1.165) is 18.5 Å². The van der Waals surface area contributed by atoms with E-state index in [1.807, 2.05) is 19.1 Å². The zero-order valence-electron chi connectivity index (χ0n) is 11.9. The molecule has 1 unspecified atom stereocenters. The molecule has 0 spiro atoms. The van der Waals surface area contributed by atoms with Gasteiger partial charge in [0.25, 0.3) is 0 Å². The molecule has 0 aromatic carbocycles. The van der Waals surface area contributed by atoms with Crippen molar-refractivity contribution >= 4 is 10.0 Å². The molecule has 1 aromatic rings. The van der Waals surface area contributed by atoms with E-state index < -0.39 is 10.0 Å². The molecule has 0 saturated heterocycles. The number of sulfonamides is 1. The van der Waals surface area contributed by atoms with E-state index in [9.17, 15) is 8.42 Å². The van der Waals surface area contributed by atoms with Gasteiger partial charge in [-0.2, -0.15) is 0 Å². The van der Waals surface area contributed by atoms with Crippen LogP contribution in [0.1, 0.15) is 44.2 Å². The van der Waals surface area contributed by atoms with Crippen LogP contribution in [0.2, 0.25) is 0 Å². The number of nitrogens with zero attached hydrogens (tertiary/aromatic N) is 1. The molecule has 1 atom stereocenters. The van der Waals surface area contributed by atoms with Gasteiger partial charge < -0.3 is 5.32 Å². The van der Waals surface area contributed by atoms with E-state index in [1.54, 1.807) is 12.4 Å². The molecule has 0 bridgehead atoms. The Hall–Kier alpha value is -0.980. The SMILES string of the molecule is CC(NS(=O)(=O)CCCCNC1CC1)c1ccncc1. The summed E-state index contributed by atoms with van der Waals surface area (Å²) in [5.41, 5.74) is 0.930. The maximum atomic E-state index is 12.0. The van der Waals surface area contributed by atoms with Crippen LogP contribution < -0.4 is 10.0 Å². The van der Waals surface area contributed by atoms with E-state index in [1.165, 1.54) is 12.8 Å². The Morgan fingerprint density at radius 2 is 2.00 bits per heavy atom. The van der Waals surface area contributed by atoms with E-state index in [2.05, 4.69) is 15.0 Å². The van der Waals surface area contributed by atoms with Gasteiger partial charge in [-0.15, -0.1) is 0 Å². The van der Waals surface area contributed by atoms with Gasteiger partial charge in [-0.25, -0.2) is 13.1 Å². The summed E-state index contributed by atoms with van der Waals surface area (Å²) >= 11 is 0. The summed E-state index contributed by atoms with van der Waals surface area (Å²) in [6.45, 7) is 2.77. The van der Waals surface area contributed by atoms with Crippen molar-refractivity contribution in [3.8, 4) is 0 Å². The van der Waals surface area contributed by atoms with Gasteiger partial charge in [-0.05, 0) is 56.8 Å². The van der Waals surface area contributed by atoms with Crippen LogP contribution in [-0.4, -0.2) is 31.7 Å². The van der Waals surface area contributed by atoms with Crippen molar-refractivity contribution in [2.45, 2.75) is 44.7 Å². The molecule has 6 heteroatoms. The summed E-state index contributed by atoms with van der Waals surface area (Å²) in [7, 11) is -3.21. The van der Waals surface area contributed by atoms with Crippen LogP contribution in [0, 0.1) is 0 Å². The summed E-state index contributed by atoms with van der Waals surface area (Å²) in [5, 5.41) is 3.39. The quantitative estimate of drug-likeness (QED) is 0.679. The number of hydrogen-bond donors (Lipinski definition) is 2. The van der Waals surface area contributed by atoms with Gasteiger partial charge >= 0.3 is 0 Å². The van der Waals surface area contributed by atoms with Gasteiger partial charge in [-0.1, -0.05) is 0 Å². The minimum atomic E-state index is -3.21. The zero-order chi connectivity index (χ0) is 14.4. The third-order valence-corrected chi connectivity index (χ3v) is 4.95. The van der Waals surface area contributed by atoms with Gasteiger partial charge in [-0.3, -0.25) is 4.98 Å². The van der Waals surface area contributed by atoms with E-state index in [4.69, 9.17) is 0 Å². The summed E-state index contributed by atoms with van der Waals surface area (Å²) in [6.07, 6.45) is 7.47. The maximum Gasteiger partial charge on any atom is 0.212 e. The zero-order valence-corrected chi connectivity index (χ0v) is 12.7. The van der Waals surface area contributed by atoms with Crippen LogP contribution in [0.5, 0.6) is 0 Å². The fourth-order valence-corrected chi connectivity index (χ4v) is 3.44. The smallest absolute Gasteiger partial charge is 0.212 e. The summed E-state index contributed by atoms with van der Waals surface area (Å²) in [5.74, 6) is 0.189. The van der Waals surface area contributed by atoms with Gasteiger partial charge in [0.15, 0.2) is 0 Å². The fraction of sp³-hybridized carbons (Fsp3) is 0.643. The lowest BCUT2D eigenvalue weighted by molar-refractivity contribution is 0.559. The molecule has 0 radical (unpaired) electrons. The fourth-order valence-electron chi connectivity index (χ4n) is 2.06. The van der Waals surface area contributed by atoms with Crippen LogP contribution in [0.15, 0.2) is 24.5 Å². The lowest BCUT2D eigenvalue weighted by Crippen LogP contribution is -2.29. The molecule has 1 aliphatic carbocycles. The van der Waals surface area contributed by atoms with Gasteiger partial charge in [0.1, 0.15) is 0 Å². The Morgan fingerprint density at radius 3 is 2.65 bits per heavy atom. The van der Waals surface area contributed by atoms with Crippen molar-refractivity contribution in [1.29, 1.82) is 0 Å². The predicted molar refractivity (Wildman–Crippen MR) is 79.8 cm³/mol. The van der Waals surface area contributed by atoms with Crippen LogP contribution in [0.4, 0.5) is 0 Å². The number of aromatic nitrogens is 1. The van der Waals surface area contributed by atoms with Crippen molar-refractivity contribution < 1.29 is 8.42 Å². The molecule has 1 aromatic heterocycles. The largest absolute Gasteiger partial charge is 0.314 e. The van der Waals surface area contributed by atoms with E-state index >= 15 is 0 Å². The highest BCUT2D eigenvalue weighted by molar-refractivity contribution is 7.89. The van der Waals surface area contributed by atoms with E-state index in [0.29, 0.717) is 12.5 Å². The van der Waals surface area contributed by atoms with Crippen molar-refractivity contribution in [3.63, 3.8) is 0 Å². The number of nitrogens with one attached hydrogen (secondary N) is 2. The summed E-state index contributed by atoms with van der Waals surface area (Å²) < 4.78 is 26.7. The Labute approximate surface area is 121 Å². The maximum absolute atomic E-state index is 12.0. The van der Waals surface area contributed by atoms with Crippen LogP contribution >= 0.6 is 0 Å². The monoisotopic (exact) mass is 297 g/mol. The number of pyridine rings is 1. The van der Waals surface area contributed by atoms with Crippen molar-refractivity contribution in [3.05, 3.63) is 30.1 Å². The molecule has 2 rings (SSSR count). The van der Waals surface area contributed by atoms with Crippen LogP contribution in [0.25, 0.3) is 0 Å². The van der Waals surface area contributed by atoms with Crippen molar-refractivity contribution in [2.75, 3.05) is 12.3 Å². The molecule has 2 N–H and O–H groups in total. The van der Waals surface area contributed by atoms with Gasteiger partial charge in [0.05, 0.1) is 5.75 Å². The molecule has 0 amide bonds. The molecule has 112 valence electrons. The minimum absolute atomic E-state index is 0.189. The third kappa shape index (κ3) is 5.56. The topological polar surface area (TPSA) is 71.1 Å². The van der Waals surface area contributed by atoms with Crippen molar-refractivity contribution in [2.24, 2.45) is 0 Å². The van der Waals surface area contributed by atoms with Crippen molar-refractivity contribution in [1.82, 2.24) is 15.0 Å². The Morgan fingerprint density at radius 1 is 1.30 bits per heavy atom. The molecule has 1 saturated carbocycles. The highest BCUT2D eigenvalue weighted by atomic mass is 32.2. The standard InChI is InChI=1S/C14H23N3O2S/c1-12(13-6-9-15-10-7-13)17-20(18,19)11-3-2-8-16-14-4-5-14/h6-7,9-10,12,14,16-17H,2-5,8,11H2,1H3. The first-order valence-electron chi connectivity index (χ1n) is 7.20. The summed E-state index contributed by atoms with van der Waals surface area (Å²) in [6, 6.07) is 4.13. The molecular formula is C14H23N3O2S. The number of unbranched alkanes of at least 4 members (excludes halogenated alkanes) is 1. The molecule has 1 heterocycles. The van der Waals surface area contributed by atoms with Gasteiger partial charge in [0.2, 0.25) is 10.0 Å². The number of rotatable bonds is 9. The molecular weight excluding hydrogens is 274 g/mol. The normalized spacial score (nSPS) is 17.1. The second-order valence-corrected chi connectivity index (χ2v) is 7.25. The second kappa shape index (κ2) is 7.15. The molecule has 1 aliphatic rings. The highest BCUT2D eigenvalue weighted by Crippen LogP contribution is 2.18. The first-order valence-corrected chi connectivity index (χ1v) is 8.85. The predicted octanol–water partition coefficient (Wildman–Crippen LogP) is 1.59. The Balaban J connectivity index is 1.69. The second-order valence-electron chi connectivity index (χ2n) is 5.37. The molecule has 0 aliphatic heterocycles. The first kappa shape index (κ1) is 15.4. The molecule has 20 heavy (non-hydrogen) atoms. The van der Waals surface area contributed by atoms with Crippen LogP contribution in [-0.2, 0) is 10.0 Å². The minimum Gasteiger partial charge on any atom is -0.314 e. The first-order chi connectivity index (χ1) is 9.57. The average molecular weight is 297 g/mol. The lowest BCUT2D eigenvalue weighted by atomic mass is 10.1. The Kier molecular flexibility index (Phi) is 5.51. The van der Waals surface area contributed by atoms with Crippen LogP contribution in [0.3, 0.4) is 0 Å². The number of hydrogen-bond acceptors (Lipinski definition) is 4. The average Bonchev–Trinajstić information content (AvgIpc) is 3.23. The van der Waals surface area contributed by atoms with Gasteiger partial charge in [0, 0.05) is 24.5 Å². The third-order valence-electron chi connectivity index (χ3n) is 3.41. The summed E-state index contributed by atoms with van der Waals surface area (Å²) in [4.78, 5) is 3.93. The molecule has 5 nitrogen and oxygen atoms in total.